The molecular formula is C18H17NO7. The highest BCUT2D eigenvalue weighted by Crippen LogP contribution is 2.33. The quantitative estimate of drug-likeness (QED) is 0.444. The second-order valence-corrected chi connectivity index (χ2v) is 5.68. The van der Waals surface area contributed by atoms with Gasteiger partial charge in [-0.05, 0) is 18.6 Å². The van der Waals surface area contributed by atoms with Gasteiger partial charge in [0, 0.05) is 23.3 Å². The maximum atomic E-state index is 11.9. The van der Waals surface area contributed by atoms with E-state index in [4.69, 9.17) is 18.9 Å². The highest BCUT2D eigenvalue weighted by Gasteiger charge is 2.21. The van der Waals surface area contributed by atoms with Gasteiger partial charge in [-0.25, -0.2) is 4.79 Å². The molecule has 136 valence electrons. The number of non-ortho nitro benzene ring substituents is 1. The monoisotopic (exact) mass is 359 g/mol. The van der Waals surface area contributed by atoms with Gasteiger partial charge in [-0.2, -0.15) is 0 Å². The summed E-state index contributed by atoms with van der Waals surface area (Å²) >= 11 is 0. The fourth-order valence-corrected chi connectivity index (χ4v) is 2.55. The van der Waals surface area contributed by atoms with Crippen LogP contribution in [0.3, 0.4) is 0 Å². The van der Waals surface area contributed by atoms with E-state index in [1.807, 2.05) is 25.1 Å². The van der Waals surface area contributed by atoms with Crippen molar-refractivity contribution in [3.8, 4) is 11.5 Å². The minimum Gasteiger partial charge on any atom is -0.482 e. The van der Waals surface area contributed by atoms with Crippen LogP contribution in [0.4, 0.5) is 5.69 Å². The number of hydrogen-bond acceptors (Lipinski definition) is 7. The first-order valence-electron chi connectivity index (χ1n) is 7.89. The fourth-order valence-electron chi connectivity index (χ4n) is 2.55. The first-order chi connectivity index (χ1) is 12.5. The van der Waals surface area contributed by atoms with E-state index in [0.717, 1.165) is 5.56 Å². The number of esters is 1. The average Bonchev–Trinajstić information content (AvgIpc) is 2.65. The molecule has 0 aliphatic carbocycles. The van der Waals surface area contributed by atoms with Crippen LogP contribution in [0.25, 0.3) is 0 Å². The molecule has 0 aromatic heterocycles. The maximum Gasteiger partial charge on any atom is 0.344 e. The molecule has 26 heavy (non-hydrogen) atoms. The molecule has 1 aliphatic heterocycles. The third-order valence-electron chi connectivity index (χ3n) is 3.81. The molecule has 0 bridgehead atoms. The molecule has 0 atom stereocenters. The Balaban J connectivity index is 1.65. The summed E-state index contributed by atoms with van der Waals surface area (Å²) in [6, 6.07) is 10.0. The Bertz CT molecular complexity index is 834. The van der Waals surface area contributed by atoms with Crippen LogP contribution in [0, 0.1) is 17.0 Å². The van der Waals surface area contributed by atoms with E-state index in [0.29, 0.717) is 22.6 Å². The summed E-state index contributed by atoms with van der Waals surface area (Å²) in [6.45, 7) is 1.71. The number of aryl methyl sites for hydroxylation is 1. The number of nitro benzene ring substituents is 1. The van der Waals surface area contributed by atoms with Gasteiger partial charge in [-0.1, -0.05) is 18.2 Å². The predicted octanol–water partition coefficient (Wildman–Crippen LogP) is 2.89. The third-order valence-corrected chi connectivity index (χ3v) is 3.81. The lowest BCUT2D eigenvalue weighted by atomic mass is 10.1. The Morgan fingerprint density at radius 2 is 2.12 bits per heavy atom. The van der Waals surface area contributed by atoms with Gasteiger partial charge in [-0.3, -0.25) is 10.1 Å². The minimum atomic E-state index is -0.583. The molecule has 0 amide bonds. The molecule has 0 radical (unpaired) electrons. The second kappa shape index (κ2) is 7.83. The number of hydrogen-bond donors (Lipinski definition) is 0. The SMILES string of the molecule is Cc1ccccc1OCC(=O)OCc1cc([N+](=O)[O-])cc2c1OCOC2. The molecule has 1 aliphatic rings. The molecule has 2 aromatic carbocycles. The number of benzene rings is 2. The first kappa shape index (κ1) is 17.7. The molecule has 0 unspecified atom stereocenters. The van der Waals surface area contributed by atoms with E-state index in [1.54, 1.807) is 6.07 Å². The molecule has 1 heterocycles. The zero-order valence-electron chi connectivity index (χ0n) is 14.1. The third kappa shape index (κ3) is 4.09. The Labute approximate surface area is 149 Å². The molecule has 0 saturated heterocycles. The highest BCUT2D eigenvalue weighted by atomic mass is 16.7. The topological polar surface area (TPSA) is 97.1 Å². The number of para-hydroxylation sites is 1. The van der Waals surface area contributed by atoms with E-state index in [1.165, 1.54) is 12.1 Å². The van der Waals surface area contributed by atoms with E-state index >= 15 is 0 Å². The average molecular weight is 359 g/mol. The second-order valence-electron chi connectivity index (χ2n) is 5.68. The molecule has 8 heteroatoms. The van der Waals surface area contributed by atoms with Crippen LogP contribution in [0.2, 0.25) is 0 Å². The van der Waals surface area contributed by atoms with E-state index < -0.39 is 10.9 Å². The Morgan fingerprint density at radius 3 is 2.88 bits per heavy atom. The van der Waals surface area contributed by atoms with Gasteiger partial charge < -0.3 is 18.9 Å². The van der Waals surface area contributed by atoms with Gasteiger partial charge >= 0.3 is 5.97 Å². The van der Waals surface area contributed by atoms with Crippen molar-refractivity contribution < 1.29 is 28.7 Å². The maximum absolute atomic E-state index is 11.9. The standard InChI is InChI=1S/C18H17NO7/c1-12-4-2-3-5-16(12)24-10-17(20)25-9-14-7-15(19(21)22)6-13-8-23-11-26-18(13)14/h2-7H,8-11H2,1H3. The molecule has 2 aromatic rings. The lowest BCUT2D eigenvalue weighted by molar-refractivity contribution is -0.385. The van der Waals surface area contributed by atoms with Crippen LogP contribution < -0.4 is 9.47 Å². The number of carbonyl (C=O) groups excluding carboxylic acids is 1. The molecule has 0 saturated carbocycles. The normalized spacial score (nSPS) is 12.7. The van der Waals surface area contributed by atoms with Crippen LogP contribution >= 0.6 is 0 Å². The van der Waals surface area contributed by atoms with Crippen LogP contribution in [0.15, 0.2) is 36.4 Å². The Morgan fingerprint density at radius 1 is 1.31 bits per heavy atom. The summed E-state index contributed by atoms with van der Waals surface area (Å²) in [7, 11) is 0. The summed E-state index contributed by atoms with van der Waals surface area (Å²) in [5, 5.41) is 11.1. The number of nitrogens with zero attached hydrogens (tertiary/aromatic N) is 1. The number of carbonyl (C=O) groups is 1. The predicted molar refractivity (Wildman–Crippen MR) is 89.9 cm³/mol. The van der Waals surface area contributed by atoms with Gasteiger partial charge in [0.2, 0.25) is 0 Å². The number of fused-ring (bicyclic) bond motifs is 1. The summed E-state index contributed by atoms with van der Waals surface area (Å²) < 4.78 is 21.1. The molecule has 0 fully saturated rings. The van der Waals surface area contributed by atoms with Crippen molar-refractivity contribution in [2.75, 3.05) is 13.4 Å². The van der Waals surface area contributed by atoms with Crippen molar-refractivity contribution >= 4 is 11.7 Å². The number of ether oxygens (including phenoxy) is 4. The van der Waals surface area contributed by atoms with Gasteiger partial charge in [-0.15, -0.1) is 0 Å². The molecule has 3 rings (SSSR count). The number of nitro groups is 1. The zero-order chi connectivity index (χ0) is 18.5. The molecule has 0 spiro atoms. The summed E-state index contributed by atoms with van der Waals surface area (Å²) in [5.41, 5.74) is 1.76. The van der Waals surface area contributed by atoms with Crippen molar-refractivity contribution in [2.45, 2.75) is 20.1 Å². The lowest BCUT2D eigenvalue weighted by Crippen LogP contribution is -2.17. The van der Waals surface area contributed by atoms with E-state index in [2.05, 4.69) is 0 Å². The van der Waals surface area contributed by atoms with Crippen LogP contribution in [0.1, 0.15) is 16.7 Å². The fraction of sp³-hybridized carbons (Fsp3) is 0.278. The summed E-state index contributed by atoms with van der Waals surface area (Å²) in [4.78, 5) is 22.5. The van der Waals surface area contributed by atoms with Crippen molar-refractivity contribution in [3.63, 3.8) is 0 Å². The smallest absolute Gasteiger partial charge is 0.344 e. The van der Waals surface area contributed by atoms with Crippen LogP contribution in [-0.2, 0) is 27.5 Å². The van der Waals surface area contributed by atoms with Crippen molar-refractivity contribution in [1.29, 1.82) is 0 Å². The van der Waals surface area contributed by atoms with Gasteiger partial charge in [0.25, 0.3) is 5.69 Å². The Hall–Kier alpha value is -3.13. The molecular weight excluding hydrogens is 342 g/mol. The van der Waals surface area contributed by atoms with Gasteiger partial charge in [0.1, 0.15) is 18.1 Å². The molecule has 8 nitrogen and oxygen atoms in total. The lowest BCUT2D eigenvalue weighted by Gasteiger charge is -2.20. The Kier molecular flexibility index (Phi) is 5.33. The largest absolute Gasteiger partial charge is 0.482 e. The molecule has 0 N–H and O–H groups in total. The minimum absolute atomic E-state index is 0.0438. The van der Waals surface area contributed by atoms with E-state index in [-0.39, 0.29) is 32.3 Å². The number of rotatable bonds is 6. The van der Waals surface area contributed by atoms with E-state index in [9.17, 15) is 14.9 Å². The van der Waals surface area contributed by atoms with Crippen molar-refractivity contribution in [1.82, 2.24) is 0 Å². The first-order valence-corrected chi connectivity index (χ1v) is 7.89. The van der Waals surface area contributed by atoms with Crippen LogP contribution in [0.5, 0.6) is 11.5 Å². The van der Waals surface area contributed by atoms with Crippen LogP contribution in [-0.4, -0.2) is 24.3 Å². The zero-order valence-corrected chi connectivity index (χ0v) is 14.1. The van der Waals surface area contributed by atoms with Crippen molar-refractivity contribution in [2.24, 2.45) is 0 Å². The van der Waals surface area contributed by atoms with Crippen molar-refractivity contribution in [3.05, 3.63) is 63.2 Å². The highest BCUT2D eigenvalue weighted by molar-refractivity contribution is 5.71. The summed E-state index contributed by atoms with van der Waals surface area (Å²) in [6.07, 6.45) is 0. The van der Waals surface area contributed by atoms with Gasteiger partial charge in [0.15, 0.2) is 13.4 Å². The summed E-state index contributed by atoms with van der Waals surface area (Å²) in [5.74, 6) is 0.465. The van der Waals surface area contributed by atoms with Gasteiger partial charge in [0.05, 0.1) is 11.5 Å².